The van der Waals surface area contributed by atoms with Crippen LogP contribution in [0.1, 0.15) is 0 Å². The maximum Gasteiger partial charge on any atom is 0.213 e. The monoisotopic (exact) mass is 716 g/mol. The second-order valence-electron chi connectivity index (χ2n) is 14.0. The molecule has 0 fully saturated rings. The van der Waals surface area contributed by atoms with Crippen LogP contribution in [0.4, 0.5) is 0 Å². The molecule has 5 heteroatoms. The summed E-state index contributed by atoms with van der Waals surface area (Å²) >= 11 is 0. The van der Waals surface area contributed by atoms with E-state index in [1.165, 1.54) is 5.56 Å². The molecule has 0 atom stereocenters. The number of nitrogens with zero attached hydrogens (tertiary/aromatic N) is 4. The molecule has 0 saturated heterocycles. The summed E-state index contributed by atoms with van der Waals surface area (Å²) in [7, 11) is 0. The first-order valence-electron chi connectivity index (χ1n) is 18.8. The number of rotatable bonds is 6. The van der Waals surface area contributed by atoms with Gasteiger partial charge in [0.15, 0.2) is 11.4 Å². The van der Waals surface area contributed by atoms with Gasteiger partial charge in [0, 0.05) is 44.1 Å². The SMILES string of the molecule is c1ccc(-c2cccc(-c3cc(-c4ccc(-n5c6ccccc6c6c7c(oc65)c(-c5ccccc5)nc5ccccc57)cc4)nc(-c4ccccc4)n3)c2)cc1. The van der Waals surface area contributed by atoms with E-state index in [-0.39, 0.29) is 0 Å². The molecule has 0 bridgehead atoms. The summed E-state index contributed by atoms with van der Waals surface area (Å²) in [5.41, 5.74) is 13.5. The molecular formula is C51H32N4O. The molecule has 5 nitrogen and oxygen atoms in total. The molecule has 0 saturated carbocycles. The van der Waals surface area contributed by atoms with Crippen molar-refractivity contribution < 1.29 is 4.42 Å². The number of fused-ring (bicyclic) bond motifs is 7. The number of pyridine rings is 1. The molecule has 4 heterocycles. The van der Waals surface area contributed by atoms with Crippen molar-refractivity contribution in [2.45, 2.75) is 0 Å². The van der Waals surface area contributed by atoms with E-state index in [4.69, 9.17) is 19.4 Å². The molecule has 0 radical (unpaired) electrons. The molecule has 0 aliphatic carbocycles. The molecule has 11 rings (SSSR count). The van der Waals surface area contributed by atoms with Crippen molar-refractivity contribution in [2.24, 2.45) is 0 Å². The summed E-state index contributed by atoms with van der Waals surface area (Å²) in [6.45, 7) is 0. The molecule has 11 aromatic rings. The van der Waals surface area contributed by atoms with E-state index >= 15 is 0 Å². The minimum atomic E-state index is 0.683. The lowest BCUT2D eigenvalue weighted by Gasteiger charge is -2.12. The fourth-order valence-corrected chi connectivity index (χ4v) is 7.97. The number of aromatic nitrogens is 4. The molecule has 0 aliphatic rings. The van der Waals surface area contributed by atoms with Crippen molar-refractivity contribution in [3.05, 3.63) is 194 Å². The highest BCUT2D eigenvalue weighted by molar-refractivity contribution is 6.28. The van der Waals surface area contributed by atoms with Crippen LogP contribution in [-0.4, -0.2) is 19.5 Å². The van der Waals surface area contributed by atoms with Gasteiger partial charge in [0.2, 0.25) is 5.71 Å². The van der Waals surface area contributed by atoms with Crippen LogP contribution < -0.4 is 0 Å². The Balaban J connectivity index is 1.08. The number of benzene rings is 7. The van der Waals surface area contributed by atoms with Gasteiger partial charge in [0.25, 0.3) is 0 Å². The molecule has 0 amide bonds. The largest absolute Gasteiger partial charge is 0.437 e. The summed E-state index contributed by atoms with van der Waals surface area (Å²) in [5, 5.41) is 4.36. The third kappa shape index (κ3) is 5.29. The molecule has 4 aromatic heterocycles. The van der Waals surface area contributed by atoms with Crippen molar-refractivity contribution in [3.8, 4) is 62.0 Å². The van der Waals surface area contributed by atoms with Gasteiger partial charge in [-0.05, 0) is 47.5 Å². The zero-order valence-electron chi connectivity index (χ0n) is 30.2. The molecule has 7 aromatic carbocycles. The highest BCUT2D eigenvalue weighted by atomic mass is 16.3. The fraction of sp³-hybridized carbons (Fsp3) is 0. The smallest absolute Gasteiger partial charge is 0.213 e. The van der Waals surface area contributed by atoms with Crippen LogP contribution in [0.15, 0.2) is 199 Å². The Morgan fingerprint density at radius 3 is 1.73 bits per heavy atom. The Hall–Kier alpha value is -7.63. The van der Waals surface area contributed by atoms with E-state index in [1.54, 1.807) is 0 Å². The molecule has 56 heavy (non-hydrogen) atoms. The molecule has 0 spiro atoms. The normalized spacial score (nSPS) is 11.6. The van der Waals surface area contributed by atoms with E-state index in [0.29, 0.717) is 5.82 Å². The zero-order valence-corrected chi connectivity index (χ0v) is 30.2. The average molecular weight is 717 g/mol. The van der Waals surface area contributed by atoms with Crippen molar-refractivity contribution >= 4 is 43.9 Å². The summed E-state index contributed by atoms with van der Waals surface area (Å²) < 4.78 is 9.21. The minimum Gasteiger partial charge on any atom is -0.437 e. The first-order valence-corrected chi connectivity index (χ1v) is 18.8. The Bertz CT molecular complexity index is 3220. The Morgan fingerprint density at radius 1 is 0.393 bits per heavy atom. The second kappa shape index (κ2) is 13.0. The predicted octanol–water partition coefficient (Wildman–Crippen LogP) is 13.2. The number of furan rings is 1. The van der Waals surface area contributed by atoms with Gasteiger partial charge in [0.05, 0.1) is 27.8 Å². The van der Waals surface area contributed by atoms with Gasteiger partial charge in [-0.25, -0.2) is 15.0 Å². The summed E-state index contributed by atoms with van der Waals surface area (Å²) in [6.07, 6.45) is 0. The van der Waals surface area contributed by atoms with Crippen molar-refractivity contribution in [1.29, 1.82) is 0 Å². The Morgan fingerprint density at radius 2 is 0.982 bits per heavy atom. The highest BCUT2D eigenvalue weighted by Crippen LogP contribution is 2.44. The lowest BCUT2D eigenvalue weighted by atomic mass is 10.0. The number of para-hydroxylation sites is 2. The van der Waals surface area contributed by atoms with Crippen LogP contribution in [-0.2, 0) is 0 Å². The van der Waals surface area contributed by atoms with Crippen LogP contribution in [0.3, 0.4) is 0 Å². The van der Waals surface area contributed by atoms with Crippen LogP contribution >= 0.6 is 0 Å². The summed E-state index contributed by atoms with van der Waals surface area (Å²) in [4.78, 5) is 15.4. The predicted molar refractivity (Wildman–Crippen MR) is 229 cm³/mol. The highest BCUT2D eigenvalue weighted by Gasteiger charge is 2.24. The van der Waals surface area contributed by atoms with Crippen molar-refractivity contribution in [1.82, 2.24) is 19.5 Å². The standard InChI is InChI=1S/C51H32N4O/c1-4-15-33(16-5-1)37-21-14-22-38(31-37)44-32-43(53-50(54-44)36-19-8-3-9-20-36)34-27-29-39(30-28-34)55-45-26-13-11-24-41(45)47-46-40-23-10-12-25-42(40)52-48(49(46)56-51(47)55)35-17-6-2-7-18-35/h1-32H. The van der Waals surface area contributed by atoms with E-state index in [2.05, 4.69) is 150 Å². The van der Waals surface area contributed by atoms with Crippen molar-refractivity contribution in [2.75, 3.05) is 0 Å². The van der Waals surface area contributed by atoms with E-state index in [1.807, 2.05) is 48.5 Å². The zero-order chi connectivity index (χ0) is 37.0. The Kier molecular flexibility index (Phi) is 7.42. The van der Waals surface area contributed by atoms with Crippen LogP contribution in [0, 0.1) is 0 Å². The van der Waals surface area contributed by atoms with E-state index in [9.17, 15) is 0 Å². The van der Waals surface area contributed by atoms with Gasteiger partial charge >= 0.3 is 0 Å². The van der Waals surface area contributed by atoms with Crippen LogP contribution in [0.5, 0.6) is 0 Å². The average Bonchev–Trinajstić information content (AvgIpc) is 3.82. The number of hydrogen-bond donors (Lipinski definition) is 0. The van der Waals surface area contributed by atoms with Gasteiger partial charge in [0.1, 0.15) is 5.69 Å². The summed E-state index contributed by atoms with van der Waals surface area (Å²) in [6, 6.07) is 67.1. The first-order chi connectivity index (χ1) is 27.8. The third-order valence-electron chi connectivity index (χ3n) is 10.6. The second-order valence-corrected chi connectivity index (χ2v) is 14.0. The van der Waals surface area contributed by atoms with E-state index in [0.717, 1.165) is 94.5 Å². The van der Waals surface area contributed by atoms with Crippen molar-refractivity contribution in [3.63, 3.8) is 0 Å². The van der Waals surface area contributed by atoms with Gasteiger partial charge in [-0.15, -0.1) is 0 Å². The molecular weight excluding hydrogens is 685 g/mol. The maximum absolute atomic E-state index is 6.98. The molecule has 262 valence electrons. The first kappa shape index (κ1) is 31.9. The third-order valence-corrected chi connectivity index (χ3v) is 10.6. The fourth-order valence-electron chi connectivity index (χ4n) is 7.97. The topological polar surface area (TPSA) is 56.7 Å². The van der Waals surface area contributed by atoms with Crippen LogP contribution in [0.2, 0.25) is 0 Å². The Labute approximate surface area is 322 Å². The molecule has 0 aliphatic heterocycles. The summed E-state index contributed by atoms with van der Waals surface area (Å²) in [5.74, 6) is 0.683. The maximum atomic E-state index is 6.98. The van der Waals surface area contributed by atoms with Crippen LogP contribution in [0.25, 0.3) is 106 Å². The lowest BCUT2D eigenvalue weighted by Crippen LogP contribution is -1.97. The lowest BCUT2D eigenvalue weighted by molar-refractivity contribution is 0.645. The molecule has 0 N–H and O–H groups in total. The minimum absolute atomic E-state index is 0.683. The van der Waals surface area contributed by atoms with Gasteiger partial charge < -0.3 is 4.42 Å². The van der Waals surface area contributed by atoms with E-state index < -0.39 is 0 Å². The number of hydrogen-bond acceptors (Lipinski definition) is 4. The van der Waals surface area contributed by atoms with Gasteiger partial charge in [-0.2, -0.15) is 0 Å². The van der Waals surface area contributed by atoms with Gasteiger partial charge in [-0.3, -0.25) is 4.57 Å². The quantitative estimate of drug-likeness (QED) is 0.172. The van der Waals surface area contributed by atoms with Gasteiger partial charge in [-0.1, -0.05) is 158 Å². The molecule has 0 unspecified atom stereocenters.